The van der Waals surface area contributed by atoms with Gasteiger partial charge in [-0.3, -0.25) is 4.79 Å². The van der Waals surface area contributed by atoms with E-state index in [1.807, 2.05) is 12.3 Å². The second-order valence-corrected chi connectivity index (χ2v) is 5.57. The van der Waals surface area contributed by atoms with Gasteiger partial charge >= 0.3 is 6.18 Å². The molecule has 0 saturated heterocycles. The van der Waals surface area contributed by atoms with Gasteiger partial charge in [-0.05, 0) is 24.6 Å². The lowest BCUT2D eigenvalue weighted by Crippen LogP contribution is -2.24. The molecule has 2 rings (SSSR count). The second kappa shape index (κ2) is 6.26. The highest BCUT2D eigenvalue weighted by atomic mass is 32.1. The number of nitrogens with zero attached hydrogens (tertiary/aromatic N) is 1. The second-order valence-electron chi connectivity index (χ2n) is 4.51. The van der Waals surface area contributed by atoms with Gasteiger partial charge in [-0.25, -0.2) is 4.98 Å². The number of thiazole rings is 1. The van der Waals surface area contributed by atoms with Gasteiger partial charge in [0, 0.05) is 11.9 Å². The zero-order chi connectivity index (χ0) is 15.5. The van der Waals surface area contributed by atoms with Crippen LogP contribution in [-0.2, 0) is 23.9 Å². The van der Waals surface area contributed by atoms with Crippen LogP contribution in [-0.4, -0.2) is 10.9 Å². The quantitative estimate of drug-likeness (QED) is 0.940. The lowest BCUT2D eigenvalue weighted by molar-refractivity contribution is -0.137. The first-order chi connectivity index (χ1) is 9.84. The van der Waals surface area contributed by atoms with E-state index in [1.165, 1.54) is 23.5 Å². The SMILES string of the molecule is Cc1nc(CC(=O)NCc2ccc(C(F)(F)F)cc2)cs1. The van der Waals surface area contributed by atoms with E-state index in [0.29, 0.717) is 11.3 Å². The fourth-order valence-electron chi connectivity index (χ4n) is 1.73. The summed E-state index contributed by atoms with van der Waals surface area (Å²) in [7, 11) is 0. The van der Waals surface area contributed by atoms with E-state index in [9.17, 15) is 18.0 Å². The predicted molar refractivity (Wildman–Crippen MR) is 73.8 cm³/mol. The Kier molecular flexibility index (Phi) is 4.62. The number of benzene rings is 1. The van der Waals surface area contributed by atoms with Crippen molar-refractivity contribution in [1.82, 2.24) is 10.3 Å². The molecular formula is C14H13F3N2OS. The zero-order valence-electron chi connectivity index (χ0n) is 11.2. The van der Waals surface area contributed by atoms with Crippen LogP contribution in [0.1, 0.15) is 21.8 Å². The molecule has 112 valence electrons. The first-order valence-corrected chi connectivity index (χ1v) is 7.06. The Morgan fingerprint density at radius 2 is 1.95 bits per heavy atom. The molecule has 0 unspecified atom stereocenters. The summed E-state index contributed by atoms with van der Waals surface area (Å²) in [5.74, 6) is -0.208. The van der Waals surface area contributed by atoms with E-state index in [2.05, 4.69) is 10.3 Å². The monoisotopic (exact) mass is 314 g/mol. The molecule has 1 amide bonds. The van der Waals surface area contributed by atoms with Crippen LogP contribution in [0.4, 0.5) is 13.2 Å². The van der Waals surface area contributed by atoms with Crippen molar-refractivity contribution in [3.63, 3.8) is 0 Å². The van der Waals surface area contributed by atoms with Crippen molar-refractivity contribution in [2.24, 2.45) is 0 Å². The highest BCUT2D eigenvalue weighted by molar-refractivity contribution is 7.09. The minimum atomic E-state index is -4.34. The molecule has 1 heterocycles. The van der Waals surface area contributed by atoms with Gasteiger partial charge in [-0.2, -0.15) is 13.2 Å². The molecule has 0 aliphatic rings. The van der Waals surface area contributed by atoms with Crippen molar-refractivity contribution >= 4 is 17.2 Å². The van der Waals surface area contributed by atoms with E-state index in [1.54, 1.807) is 0 Å². The minimum absolute atomic E-state index is 0.172. The molecule has 0 saturated carbocycles. The molecule has 0 bridgehead atoms. The maximum Gasteiger partial charge on any atom is 0.416 e. The number of carbonyl (C=O) groups excluding carboxylic acids is 1. The highest BCUT2D eigenvalue weighted by Gasteiger charge is 2.29. The summed E-state index contributed by atoms with van der Waals surface area (Å²) >= 11 is 1.47. The number of aryl methyl sites for hydroxylation is 1. The third-order valence-corrected chi connectivity index (χ3v) is 3.60. The number of hydrogen-bond donors (Lipinski definition) is 1. The van der Waals surface area contributed by atoms with E-state index >= 15 is 0 Å². The van der Waals surface area contributed by atoms with E-state index < -0.39 is 11.7 Å². The third-order valence-electron chi connectivity index (χ3n) is 2.78. The standard InChI is InChI=1S/C14H13F3N2OS/c1-9-19-12(8-21-9)6-13(20)18-7-10-2-4-11(5-3-10)14(15,16)17/h2-5,8H,6-7H2,1H3,(H,18,20). The Bertz CT molecular complexity index is 620. The van der Waals surface area contributed by atoms with Crippen LogP contribution in [0.2, 0.25) is 0 Å². The summed E-state index contributed by atoms with van der Waals surface area (Å²) in [6.45, 7) is 2.05. The molecular weight excluding hydrogens is 301 g/mol. The van der Waals surface area contributed by atoms with Gasteiger partial charge in [-0.15, -0.1) is 11.3 Å². The maximum atomic E-state index is 12.4. The molecule has 21 heavy (non-hydrogen) atoms. The molecule has 0 atom stereocenters. The van der Waals surface area contributed by atoms with Crippen molar-refractivity contribution in [3.05, 3.63) is 51.5 Å². The molecule has 2 aromatic rings. The van der Waals surface area contributed by atoms with E-state index in [0.717, 1.165) is 17.1 Å². The number of rotatable bonds is 4. The third kappa shape index (κ3) is 4.56. The molecule has 1 N–H and O–H groups in total. The Morgan fingerprint density at radius 1 is 1.29 bits per heavy atom. The van der Waals surface area contributed by atoms with Crippen molar-refractivity contribution < 1.29 is 18.0 Å². The Hall–Kier alpha value is -1.89. The van der Waals surface area contributed by atoms with Crippen LogP contribution >= 0.6 is 11.3 Å². The molecule has 0 aliphatic heterocycles. The van der Waals surface area contributed by atoms with Gasteiger partial charge < -0.3 is 5.32 Å². The van der Waals surface area contributed by atoms with Gasteiger partial charge in [0.2, 0.25) is 5.91 Å². The molecule has 0 aliphatic carbocycles. The maximum absolute atomic E-state index is 12.4. The van der Waals surface area contributed by atoms with Crippen molar-refractivity contribution in [3.8, 4) is 0 Å². The fraction of sp³-hybridized carbons (Fsp3) is 0.286. The summed E-state index contributed by atoms with van der Waals surface area (Å²) in [5, 5.41) is 5.36. The largest absolute Gasteiger partial charge is 0.416 e. The topological polar surface area (TPSA) is 42.0 Å². The van der Waals surface area contributed by atoms with E-state index in [4.69, 9.17) is 0 Å². The summed E-state index contributed by atoms with van der Waals surface area (Å²) in [6, 6.07) is 4.72. The Balaban J connectivity index is 1.86. The first kappa shape index (κ1) is 15.5. The number of hydrogen-bond acceptors (Lipinski definition) is 3. The van der Waals surface area contributed by atoms with Crippen LogP contribution < -0.4 is 5.32 Å². The molecule has 1 aromatic heterocycles. The average molecular weight is 314 g/mol. The van der Waals surface area contributed by atoms with Crippen molar-refractivity contribution in [1.29, 1.82) is 0 Å². The molecule has 1 aromatic carbocycles. The number of alkyl halides is 3. The van der Waals surface area contributed by atoms with Gasteiger partial charge in [-0.1, -0.05) is 12.1 Å². The fourth-order valence-corrected chi connectivity index (χ4v) is 2.34. The lowest BCUT2D eigenvalue weighted by Gasteiger charge is -2.08. The van der Waals surface area contributed by atoms with Gasteiger partial charge in [0.25, 0.3) is 0 Å². The van der Waals surface area contributed by atoms with Crippen LogP contribution in [0.3, 0.4) is 0 Å². The minimum Gasteiger partial charge on any atom is -0.352 e. The van der Waals surface area contributed by atoms with Gasteiger partial charge in [0.05, 0.1) is 22.7 Å². The van der Waals surface area contributed by atoms with Crippen molar-refractivity contribution in [2.75, 3.05) is 0 Å². The summed E-state index contributed by atoms with van der Waals surface area (Å²) in [4.78, 5) is 15.9. The van der Waals surface area contributed by atoms with E-state index in [-0.39, 0.29) is 18.9 Å². The van der Waals surface area contributed by atoms with Crippen LogP contribution in [0.25, 0.3) is 0 Å². The first-order valence-electron chi connectivity index (χ1n) is 6.18. The number of carbonyl (C=O) groups is 1. The number of amides is 1. The van der Waals surface area contributed by atoms with Crippen molar-refractivity contribution in [2.45, 2.75) is 26.1 Å². The Morgan fingerprint density at radius 3 is 2.48 bits per heavy atom. The number of nitrogens with one attached hydrogen (secondary N) is 1. The normalized spacial score (nSPS) is 11.4. The molecule has 3 nitrogen and oxygen atoms in total. The Labute approximate surface area is 123 Å². The molecule has 7 heteroatoms. The number of aromatic nitrogens is 1. The van der Waals surface area contributed by atoms with Gasteiger partial charge in [0.15, 0.2) is 0 Å². The van der Waals surface area contributed by atoms with Crippen LogP contribution in [0.15, 0.2) is 29.6 Å². The van der Waals surface area contributed by atoms with Crippen LogP contribution in [0.5, 0.6) is 0 Å². The predicted octanol–water partition coefficient (Wildman–Crippen LogP) is 3.33. The molecule has 0 radical (unpaired) electrons. The molecule has 0 spiro atoms. The summed E-state index contributed by atoms with van der Waals surface area (Å²) in [6.07, 6.45) is -4.17. The zero-order valence-corrected chi connectivity index (χ0v) is 12.0. The summed E-state index contributed by atoms with van der Waals surface area (Å²) < 4.78 is 37.2. The lowest BCUT2D eigenvalue weighted by atomic mass is 10.1. The highest BCUT2D eigenvalue weighted by Crippen LogP contribution is 2.29. The van der Waals surface area contributed by atoms with Crippen LogP contribution in [0, 0.1) is 6.92 Å². The average Bonchev–Trinajstić information content (AvgIpc) is 2.81. The number of halogens is 3. The molecule has 0 fully saturated rings. The van der Waals surface area contributed by atoms with Gasteiger partial charge in [0.1, 0.15) is 0 Å². The smallest absolute Gasteiger partial charge is 0.352 e. The summed E-state index contributed by atoms with van der Waals surface area (Å²) in [5.41, 5.74) is 0.615.